The Balaban J connectivity index is 2.60. The first-order valence-electron chi connectivity index (χ1n) is 4.06. The summed E-state index contributed by atoms with van der Waals surface area (Å²) in [5.41, 5.74) is 1.98. The molecule has 0 aliphatic heterocycles. The van der Waals surface area contributed by atoms with Crippen molar-refractivity contribution in [2.75, 3.05) is 0 Å². The van der Waals surface area contributed by atoms with Crippen LogP contribution in [0.1, 0.15) is 10.5 Å². The van der Waals surface area contributed by atoms with E-state index in [0.29, 0.717) is 10.7 Å². The molecule has 0 aliphatic carbocycles. The number of carbonyl (C=O) groups is 1. The van der Waals surface area contributed by atoms with Gasteiger partial charge in [-0.3, -0.25) is 9.89 Å². The van der Waals surface area contributed by atoms with Gasteiger partial charge < -0.3 is 0 Å². The van der Waals surface area contributed by atoms with Gasteiger partial charge in [0, 0.05) is 16.1 Å². The Morgan fingerprint density at radius 1 is 1.29 bits per heavy atom. The first-order chi connectivity index (χ1) is 6.83. The van der Waals surface area contributed by atoms with Gasteiger partial charge in [0.2, 0.25) is 0 Å². The number of H-pyrrole nitrogens is 1. The zero-order valence-electron chi connectivity index (χ0n) is 7.20. The summed E-state index contributed by atoms with van der Waals surface area (Å²) in [6.07, 6.45) is 2.32. The van der Waals surface area contributed by atoms with Gasteiger partial charge in [0.25, 0.3) is 0 Å². The van der Waals surface area contributed by atoms with Crippen molar-refractivity contribution in [1.29, 1.82) is 0 Å². The van der Waals surface area contributed by atoms with Crippen LogP contribution >= 0.6 is 11.6 Å². The van der Waals surface area contributed by atoms with Crippen LogP contribution in [0, 0.1) is 0 Å². The van der Waals surface area contributed by atoms with Crippen LogP contribution in [0.2, 0.25) is 5.02 Å². The predicted octanol–water partition coefficient (Wildman–Crippen LogP) is 2.54. The number of aromatic nitrogens is 2. The van der Waals surface area contributed by atoms with Crippen molar-refractivity contribution in [2.45, 2.75) is 0 Å². The molecule has 3 nitrogen and oxygen atoms in total. The first-order valence-corrected chi connectivity index (χ1v) is 4.44. The lowest BCUT2D eigenvalue weighted by atomic mass is 10.1. The largest absolute Gasteiger partial charge is 0.296 e. The van der Waals surface area contributed by atoms with E-state index in [0.717, 1.165) is 17.4 Å². The zero-order valence-corrected chi connectivity index (χ0v) is 7.95. The summed E-state index contributed by atoms with van der Waals surface area (Å²) in [4.78, 5) is 10.7. The third-order valence-corrected chi connectivity index (χ3v) is 2.28. The van der Waals surface area contributed by atoms with Crippen LogP contribution in [0.5, 0.6) is 0 Å². The zero-order chi connectivity index (χ0) is 9.97. The van der Waals surface area contributed by atoms with Crippen molar-refractivity contribution in [3.63, 3.8) is 0 Å². The van der Waals surface area contributed by atoms with Gasteiger partial charge in [-0.1, -0.05) is 29.8 Å². The third kappa shape index (κ3) is 1.42. The van der Waals surface area contributed by atoms with E-state index in [1.54, 1.807) is 12.3 Å². The monoisotopic (exact) mass is 206 g/mol. The van der Waals surface area contributed by atoms with Gasteiger partial charge in [-0.25, -0.2) is 0 Å². The summed E-state index contributed by atoms with van der Waals surface area (Å²) < 4.78 is 0. The van der Waals surface area contributed by atoms with E-state index in [-0.39, 0.29) is 0 Å². The van der Waals surface area contributed by atoms with E-state index in [1.165, 1.54) is 0 Å². The Morgan fingerprint density at radius 2 is 2.07 bits per heavy atom. The van der Waals surface area contributed by atoms with Crippen LogP contribution < -0.4 is 0 Å². The minimum absolute atomic E-state index is 0.443. The van der Waals surface area contributed by atoms with Gasteiger partial charge in [-0.2, -0.15) is 5.10 Å². The topological polar surface area (TPSA) is 45.8 Å². The number of benzene rings is 1. The van der Waals surface area contributed by atoms with Crippen molar-refractivity contribution in [3.8, 4) is 11.1 Å². The second-order valence-electron chi connectivity index (χ2n) is 2.80. The number of halogens is 1. The van der Waals surface area contributed by atoms with Crippen molar-refractivity contribution >= 4 is 17.9 Å². The summed E-state index contributed by atoms with van der Waals surface area (Å²) in [7, 11) is 0. The van der Waals surface area contributed by atoms with Crippen LogP contribution in [-0.2, 0) is 0 Å². The molecule has 0 radical (unpaired) electrons. The highest BCUT2D eigenvalue weighted by Gasteiger charge is 2.08. The lowest BCUT2D eigenvalue weighted by Crippen LogP contribution is -1.84. The molecule has 1 heterocycles. The minimum Gasteiger partial charge on any atom is -0.296 e. The molecule has 0 fully saturated rings. The molecule has 2 rings (SSSR count). The van der Waals surface area contributed by atoms with Gasteiger partial charge >= 0.3 is 0 Å². The molecule has 1 aromatic heterocycles. The van der Waals surface area contributed by atoms with Crippen LogP contribution in [0.4, 0.5) is 0 Å². The number of nitrogens with one attached hydrogen (secondary N) is 1. The number of hydrogen-bond donors (Lipinski definition) is 1. The molecule has 0 saturated heterocycles. The van der Waals surface area contributed by atoms with Gasteiger partial charge in [-0.05, 0) is 6.07 Å². The summed E-state index contributed by atoms with van der Waals surface area (Å²) >= 11 is 5.99. The lowest BCUT2D eigenvalue weighted by molar-refractivity contribution is 0.111. The Bertz CT molecular complexity index is 465. The highest BCUT2D eigenvalue weighted by molar-refractivity contribution is 6.33. The fourth-order valence-corrected chi connectivity index (χ4v) is 1.52. The summed E-state index contributed by atoms with van der Waals surface area (Å²) in [5.74, 6) is 0. The van der Waals surface area contributed by atoms with E-state index < -0.39 is 0 Å². The Hall–Kier alpha value is -1.61. The fraction of sp³-hybridized carbons (Fsp3) is 0. The van der Waals surface area contributed by atoms with Crippen LogP contribution in [0.15, 0.2) is 30.5 Å². The van der Waals surface area contributed by atoms with Gasteiger partial charge in [0.15, 0.2) is 6.29 Å². The van der Waals surface area contributed by atoms with Crippen LogP contribution in [0.3, 0.4) is 0 Å². The number of hydrogen-bond acceptors (Lipinski definition) is 2. The number of carbonyl (C=O) groups excluding carboxylic acids is 1. The molecule has 2 aromatic rings. The Kier molecular flexibility index (Phi) is 2.33. The molecule has 14 heavy (non-hydrogen) atoms. The van der Waals surface area contributed by atoms with Gasteiger partial charge in [0.05, 0.1) is 6.20 Å². The van der Waals surface area contributed by atoms with Crippen molar-refractivity contribution in [1.82, 2.24) is 10.2 Å². The van der Waals surface area contributed by atoms with E-state index in [1.807, 2.05) is 18.2 Å². The highest BCUT2D eigenvalue weighted by atomic mass is 35.5. The number of aromatic amines is 1. The van der Waals surface area contributed by atoms with Crippen molar-refractivity contribution in [3.05, 3.63) is 41.2 Å². The summed E-state index contributed by atoms with van der Waals surface area (Å²) in [6, 6.07) is 7.33. The maximum Gasteiger partial charge on any atom is 0.168 e. The number of nitrogens with zero attached hydrogens (tertiary/aromatic N) is 1. The van der Waals surface area contributed by atoms with Crippen molar-refractivity contribution < 1.29 is 4.79 Å². The molecule has 4 heteroatoms. The normalized spacial score (nSPS) is 10.1. The second-order valence-corrected chi connectivity index (χ2v) is 3.20. The smallest absolute Gasteiger partial charge is 0.168 e. The highest BCUT2D eigenvalue weighted by Crippen LogP contribution is 2.28. The molecule has 0 amide bonds. The Labute approximate surface area is 85.7 Å². The predicted molar refractivity (Wildman–Crippen MR) is 54.4 cm³/mol. The minimum atomic E-state index is 0.443. The molecule has 0 unspecified atom stereocenters. The quantitative estimate of drug-likeness (QED) is 0.768. The van der Waals surface area contributed by atoms with Gasteiger partial charge in [0.1, 0.15) is 5.69 Å². The van der Waals surface area contributed by atoms with Crippen LogP contribution in [-0.4, -0.2) is 16.5 Å². The molecular formula is C10H7ClN2O. The fourth-order valence-electron chi connectivity index (χ4n) is 1.28. The van der Waals surface area contributed by atoms with E-state index >= 15 is 0 Å². The average Bonchev–Trinajstić information content (AvgIpc) is 2.66. The summed E-state index contributed by atoms with van der Waals surface area (Å²) in [6.45, 7) is 0. The molecule has 0 bridgehead atoms. The maximum atomic E-state index is 10.7. The first kappa shape index (κ1) is 8.97. The molecule has 70 valence electrons. The SMILES string of the molecule is O=Cc1[nH]ncc1-c1ccccc1Cl. The molecule has 0 atom stereocenters. The van der Waals surface area contributed by atoms with Crippen molar-refractivity contribution in [2.24, 2.45) is 0 Å². The maximum absolute atomic E-state index is 10.7. The Morgan fingerprint density at radius 3 is 2.79 bits per heavy atom. The average molecular weight is 207 g/mol. The molecule has 1 N–H and O–H groups in total. The summed E-state index contributed by atoms with van der Waals surface area (Å²) in [5, 5.41) is 7.01. The number of rotatable bonds is 2. The second kappa shape index (κ2) is 3.64. The molecule has 0 aliphatic rings. The van der Waals surface area contributed by atoms with E-state index in [4.69, 9.17) is 11.6 Å². The van der Waals surface area contributed by atoms with E-state index in [9.17, 15) is 4.79 Å². The standard InChI is InChI=1S/C10H7ClN2O/c11-9-4-2-1-3-7(9)8-5-12-13-10(8)6-14/h1-6H,(H,12,13). The number of aldehydes is 1. The third-order valence-electron chi connectivity index (χ3n) is 1.95. The molecule has 1 aromatic carbocycles. The van der Waals surface area contributed by atoms with E-state index in [2.05, 4.69) is 10.2 Å². The molecular weight excluding hydrogens is 200 g/mol. The van der Waals surface area contributed by atoms with Crippen LogP contribution in [0.25, 0.3) is 11.1 Å². The molecule has 0 spiro atoms. The molecule has 0 saturated carbocycles. The lowest BCUT2D eigenvalue weighted by Gasteiger charge is -2.00. The van der Waals surface area contributed by atoms with Gasteiger partial charge in [-0.15, -0.1) is 0 Å².